The summed E-state index contributed by atoms with van der Waals surface area (Å²) in [5.74, 6) is 0.608. The molecule has 0 unspecified atom stereocenters. The van der Waals surface area contributed by atoms with Crippen LogP contribution >= 0.6 is 0 Å². The molecule has 0 bridgehead atoms. The highest BCUT2D eigenvalue weighted by atomic mass is 16.6. The zero-order valence-electron chi connectivity index (χ0n) is 10.6. The smallest absolute Gasteiger partial charge is 0.269 e. The standard InChI is InChI=1S/C12H9N7O2/c13-5-9-10(7-1-3-8(4-2-7)19(20)21)18-12(15-6-16-18)17-11(9)14/h1-4,6,10H,14H2,(H,15,16,17)/t10-/m1/s1. The van der Waals surface area contributed by atoms with Gasteiger partial charge in [-0.05, 0) is 17.7 Å². The predicted molar refractivity (Wildman–Crippen MR) is 71.7 cm³/mol. The highest BCUT2D eigenvalue weighted by molar-refractivity contribution is 5.51. The number of rotatable bonds is 2. The maximum absolute atomic E-state index is 10.7. The number of fused-ring (bicyclic) bond motifs is 1. The van der Waals surface area contributed by atoms with Gasteiger partial charge in [0.25, 0.3) is 5.69 Å². The molecule has 21 heavy (non-hydrogen) atoms. The highest BCUT2D eigenvalue weighted by Crippen LogP contribution is 2.33. The van der Waals surface area contributed by atoms with Gasteiger partial charge in [-0.1, -0.05) is 0 Å². The number of nitriles is 1. The number of hydrogen-bond donors (Lipinski definition) is 2. The molecule has 0 fully saturated rings. The number of nitrogens with one attached hydrogen (secondary N) is 1. The van der Waals surface area contributed by atoms with Gasteiger partial charge in [-0.15, -0.1) is 0 Å². The highest BCUT2D eigenvalue weighted by Gasteiger charge is 2.30. The van der Waals surface area contributed by atoms with E-state index in [0.29, 0.717) is 11.5 Å². The van der Waals surface area contributed by atoms with Crippen LogP contribution in [-0.2, 0) is 0 Å². The lowest BCUT2D eigenvalue weighted by Gasteiger charge is -2.25. The molecule has 104 valence electrons. The third-order valence-corrected chi connectivity index (χ3v) is 3.17. The van der Waals surface area contributed by atoms with Gasteiger partial charge in [0, 0.05) is 12.1 Å². The maximum Gasteiger partial charge on any atom is 0.269 e. The van der Waals surface area contributed by atoms with Crippen molar-refractivity contribution in [3.05, 3.63) is 57.7 Å². The van der Waals surface area contributed by atoms with E-state index in [4.69, 9.17) is 5.73 Å². The number of nitro benzene ring substituents is 1. The molecule has 3 rings (SSSR count). The molecule has 1 atom stereocenters. The molecule has 0 radical (unpaired) electrons. The van der Waals surface area contributed by atoms with Crippen LogP contribution < -0.4 is 11.1 Å². The average molecular weight is 283 g/mol. The van der Waals surface area contributed by atoms with Crippen molar-refractivity contribution in [3.8, 4) is 6.07 Å². The van der Waals surface area contributed by atoms with Gasteiger partial charge in [-0.25, -0.2) is 4.68 Å². The van der Waals surface area contributed by atoms with Crippen LogP contribution in [0.5, 0.6) is 0 Å². The van der Waals surface area contributed by atoms with Crippen LogP contribution in [0, 0.1) is 21.4 Å². The van der Waals surface area contributed by atoms with E-state index in [2.05, 4.69) is 15.4 Å². The van der Waals surface area contributed by atoms with Crippen molar-refractivity contribution in [2.75, 3.05) is 5.32 Å². The lowest BCUT2D eigenvalue weighted by Crippen LogP contribution is -2.28. The Kier molecular flexibility index (Phi) is 2.77. The molecule has 9 nitrogen and oxygen atoms in total. The quantitative estimate of drug-likeness (QED) is 0.617. The SMILES string of the molecule is N#CC1=C(N)Nc2ncnn2[C@@H]1c1ccc([N+](=O)[O-])cc1. The Hall–Kier alpha value is -3.41. The molecule has 1 aliphatic heterocycles. The van der Waals surface area contributed by atoms with Gasteiger partial charge in [-0.3, -0.25) is 10.1 Å². The van der Waals surface area contributed by atoms with Crippen LogP contribution in [0.15, 0.2) is 42.0 Å². The van der Waals surface area contributed by atoms with E-state index in [1.807, 2.05) is 6.07 Å². The Balaban J connectivity index is 2.12. The first-order chi connectivity index (χ1) is 10.1. The number of nitrogens with two attached hydrogens (primary N) is 1. The molecule has 0 amide bonds. The van der Waals surface area contributed by atoms with E-state index >= 15 is 0 Å². The minimum atomic E-state index is -0.561. The second-order valence-corrected chi connectivity index (χ2v) is 4.34. The minimum absolute atomic E-state index is 0.0260. The fourth-order valence-electron chi connectivity index (χ4n) is 2.19. The van der Waals surface area contributed by atoms with Crippen LogP contribution in [0.3, 0.4) is 0 Å². The lowest BCUT2D eigenvalue weighted by atomic mass is 9.98. The summed E-state index contributed by atoms with van der Waals surface area (Å²) in [6, 6.07) is 7.37. The van der Waals surface area contributed by atoms with Gasteiger partial charge in [-0.2, -0.15) is 15.3 Å². The Morgan fingerprint density at radius 2 is 2.14 bits per heavy atom. The Bertz CT molecular complexity index is 785. The summed E-state index contributed by atoms with van der Waals surface area (Å²) >= 11 is 0. The molecule has 0 aliphatic carbocycles. The molecule has 0 saturated carbocycles. The van der Waals surface area contributed by atoms with E-state index in [0.717, 1.165) is 0 Å². The predicted octanol–water partition coefficient (Wildman–Crippen LogP) is 0.895. The normalized spacial score (nSPS) is 16.8. The van der Waals surface area contributed by atoms with Crippen molar-refractivity contribution in [1.82, 2.24) is 14.8 Å². The molecule has 0 spiro atoms. The molecule has 9 heteroatoms. The molecular weight excluding hydrogens is 274 g/mol. The van der Waals surface area contributed by atoms with Crippen LogP contribution in [-0.4, -0.2) is 19.7 Å². The van der Waals surface area contributed by atoms with Gasteiger partial charge in [0.1, 0.15) is 24.3 Å². The van der Waals surface area contributed by atoms with E-state index in [9.17, 15) is 15.4 Å². The Labute approximate surface area is 118 Å². The van der Waals surface area contributed by atoms with Gasteiger partial charge in [0.15, 0.2) is 0 Å². The number of allylic oxidation sites excluding steroid dienone is 1. The van der Waals surface area contributed by atoms with E-state index in [-0.39, 0.29) is 17.1 Å². The number of anilines is 1. The van der Waals surface area contributed by atoms with Crippen LogP contribution in [0.4, 0.5) is 11.6 Å². The number of nitrogens with zero attached hydrogens (tertiary/aromatic N) is 5. The molecule has 1 aromatic carbocycles. The first-order valence-electron chi connectivity index (χ1n) is 5.92. The van der Waals surface area contributed by atoms with E-state index < -0.39 is 11.0 Å². The summed E-state index contributed by atoms with van der Waals surface area (Å²) in [5, 5.41) is 26.9. The van der Waals surface area contributed by atoms with Gasteiger partial charge < -0.3 is 11.1 Å². The fraction of sp³-hybridized carbons (Fsp3) is 0.0833. The third kappa shape index (κ3) is 1.95. The fourth-order valence-corrected chi connectivity index (χ4v) is 2.19. The van der Waals surface area contributed by atoms with Crippen molar-refractivity contribution < 1.29 is 4.92 Å². The van der Waals surface area contributed by atoms with Gasteiger partial charge >= 0.3 is 0 Å². The summed E-state index contributed by atoms with van der Waals surface area (Å²) in [4.78, 5) is 14.2. The largest absolute Gasteiger partial charge is 0.384 e. The summed E-state index contributed by atoms with van der Waals surface area (Å²) < 4.78 is 1.51. The van der Waals surface area contributed by atoms with Crippen molar-refractivity contribution in [2.24, 2.45) is 5.73 Å². The summed E-state index contributed by atoms with van der Waals surface area (Å²) in [7, 11) is 0. The number of non-ortho nitro benzene ring substituents is 1. The van der Waals surface area contributed by atoms with Gasteiger partial charge in [0.2, 0.25) is 5.95 Å². The van der Waals surface area contributed by atoms with Crippen molar-refractivity contribution in [2.45, 2.75) is 6.04 Å². The van der Waals surface area contributed by atoms with Crippen LogP contribution in [0.1, 0.15) is 11.6 Å². The number of aromatic nitrogens is 3. The minimum Gasteiger partial charge on any atom is -0.384 e. The van der Waals surface area contributed by atoms with Crippen molar-refractivity contribution >= 4 is 11.6 Å². The molecule has 3 N–H and O–H groups in total. The third-order valence-electron chi connectivity index (χ3n) is 3.17. The molecule has 1 aromatic heterocycles. The van der Waals surface area contributed by atoms with Crippen LogP contribution in [0.2, 0.25) is 0 Å². The Morgan fingerprint density at radius 3 is 2.76 bits per heavy atom. The maximum atomic E-state index is 10.7. The van der Waals surface area contributed by atoms with Crippen molar-refractivity contribution in [3.63, 3.8) is 0 Å². The molecule has 1 aliphatic rings. The molecule has 0 saturated heterocycles. The zero-order valence-corrected chi connectivity index (χ0v) is 10.6. The summed E-state index contributed by atoms with van der Waals surface area (Å²) in [6.45, 7) is 0. The van der Waals surface area contributed by atoms with E-state index in [1.54, 1.807) is 12.1 Å². The van der Waals surface area contributed by atoms with Gasteiger partial charge in [0.05, 0.1) is 10.5 Å². The number of benzene rings is 1. The average Bonchev–Trinajstić information content (AvgIpc) is 2.93. The monoisotopic (exact) mass is 283 g/mol. The number of hydrogen-bond acceptors (Lipinski definition) is 7. The first kappa shape index (κ1) is 12.6. The summed E-state index contributed by atoms with van der Waals surface area (Å²) in [6.07, 6.45) is 1.34. The van der Waals surface area contributed by atoms with E-state index in [1.165, 1.54) is 23.1 Å². The molecular formula is C12H9N7O2. The second kappa shape index (κ2) is 4.61. The zero-order chi connectivity index (χ0) is 15.0. The van der Waals surface area contributed by atoms with Crippen molar-refractivity contribution in [1.29, 1.82) is 5.26 Å². The molecule has 2 heterocycles. The molecule has 2 aromatic rings. The number of nitro groups is 1. The van der Waals surface area contributed by atoms with Crippen LogP contribution in [0.25, 0.3) is 0 Å². The summed E-state index contributed by atoms with van der Waals surface area (Å²) in [5.41, 5.74) is 6.74. The Morgan fingerprint density at radius 1 is 1.43 bits per heavy atom. The lowest BCUT2D eigenvalue weighted by molar-refractivity contribution is -0.384. The first-order valence-corrected chi connectivity index (χ1v) is 5.92. The second-order valence-electron chi connectivity index (χ2n) is 4.34. The topological polar surface area (TPSA) is 136 Å².